The molecule has 0 N–H and O–H groups in total. The molecular formula is C13H11ClF2S. The van der Waals surface area contributed by atoms with E-state index in [0.29, 0.717) is 11.1 Å². The lowest BCUT2D eigenvalue weighted by Crippen LogP contribution is -1.98. The average molecular weight is 273 g/mol. The maximum atomic E-state index is 13.7. The van der Waals surface area contributed by atoms with Gasteiger partial charge in [0.15, 0.2) is 0 Å². The molecule has 0 aliphatic heterocycles. The summed E-state index contributed by atoms with van der Waals surface area (Å²) < 4.78 is 26.8. The summed E-state index contributed by atoms with van der Waals surface area (Å²) in [7, 11) is 0. The zero-order valence-corrected chi connectivity index (χ0v) is 11.0. The van der Waals surface area contributed by atoms with Crippen molar-refractivity contribution in [2.45, 2.75) is 19.2 Å². The molecule has 0 saturated heterocycles. The molecule has 0 fully saturated rings. The minimum absolute atomic E-state index is 0.326. The molecule has 1 unspecified atom stereocenters. The standard InChI is InChI=1S/C13H11ClF2S/c1-7-5-9(11(16)6-10(7)15)13(14)12-4-3-8(2)17-12/h3-6,13H,1-2H3. The van der Waals surface area contributed by atoms with E-state index in [0.717, 1.165) is 15.8 Å². The Morgan fingerprint density at radius 1 is 1.12 bits per heavy atom. The first kappa shape index (κ1) is 12.5. The molecule has 17 heavy (non-hydrogen) atoms. The molecule has 0 bridgehead atoms. The van der Waals surface area contributed by atoms with Crippen molar-refractivity contribution in [2.75, 3.05) is 0 Å². The van der Waals surface area contributed by atoms with Gasteiger partial charge in [-0.15, -0.1) is 22.9 Å². The van der Waals surface area contributed by atoms with E-state index in [2.05, 4.69) is 0 Å². The van der Waals surface area contributed by atoms with Crippen molar-refractivity contribution in [1.82, 2.24) is 0 Å². The summed E-state index contributed by atoms with van der Waals surface area (Å²) >= 11 is 7.74. The molecule has 0 aliphatic carbocycles. The number of hydrogen-bond donors (Lipinski definition) is 0. The number of rotatable bonds is 2. The molecule has 4 heteroatoms. The maximum Gasteiger partial charge on any atom is 0.131 e. The van der Waals surface area contributed by atoms with Gasteiger partial charge in [0.2, 0.25) is 0 Å². The predicted molar refractivity (Wildman–Crippen MR) is 67.8 cm³/mol. The highest BCUT2D eigenvalue weighted by molar-refractivity contribution is 7.12. The van der Waals surface area contributed by atoms with E-state index in [1.54, 1.807) is 6.92 Å². The Hall–Kier alpha value is -0.930. The smallest absolute Gasteiger partial charge is 0.131 e. The number of halogens is 3. The van der Waals surface area contributed by atoms with Crippen molar-refractivity contribution < 1.29 is 8.78 Å². The minimum atomic E-state index is -0.598. The van der Waals surface area contributed by atoms with Gasteiger partial charge in [0.05, 0.1) is 5.38 Å². The molecule has 0 spiro atoms. The summed E-state index contributed by atoms with van der Waals surface area (Å²) in [5, 5.41) is -0.562. The second-order valence-electron chi connectivity index (χ2n) is 3.93. The highest BCUT2D eigenvalue weighted by Gasteiger charge is 2.18. The Kier molecular flexibility index (Phi) is 3.50. The number of alkyl halides is 1. The van der Waals surface area contributed by atoms with Gasteiger partial charge in [0.25, 0.3) is 0 Å². The number of benzene rings is 1. The van der Waals surface area contributed by atoms with Crippen LogP contribution in [0.5, 0.6) is 0 Å². The van der Waals surface area contributed by atoms with Crippen molar-refractivity contribution in [3.63, 3.8) is 0 Å². The third-order valence-electron chi connectivity index (χ3n) is 2.56. The maximum absolute atomic E-state index is 13.7. The van der Waals surface area contributed by atoms with Crippen LogP contribution in [0.25, 0.3) is 0 Å². The summed E-state index contributed by atoms with van der Waals surface area (Å²) in [4.78, 5) is 1.99. The Balaban J connectivity index is 2.43. The minimum Gasteiger partial charge on any atom is -0.207 e. The fourth-order valence-electron chi connectivity index (χ4n) is 1.62. The quantitative estimate of drug-likeness (QED) is 0.677. The van der Waals surface area contributed by atoms with Crippen LogP contribution < -0.4 is 0 Å². The Bertz CT molecular complexity index is 548. The van der Waals surface area contributed by atoms with Gasteiger partial charge < -0.3 is 0 Å². The van der Waals surface area contributed by atoms with Gasteiger partial charge in [0, 0.05) is 21.4 Å². The fourth-order valence-corrected chi connectivity index (χ4v) is 2.86. The zero-order chi connectivity index (χ0) is 12.6. The molecule has 90 valence electrons. The van der Waals surface area contributed by atoms with Crippen LogP contribution in [0, 0.1) is 25.5 Å². The SMILES string of the molecule is Cc1ccc(C(Cl)c2cc(C)c(F)cc2F)s1. The fraction of sp³-hybridized carbons (Fsp3) is 0.231. The van der Waals surface area contributed by atoms with Gasteiger partial charge in [-0.05, 0) is 37.6 Å². The van der Waals surface area contributed by atoms with E-state index >= 15 is 0 Å². The van der Waals surface area contributed by atoms with Gasteiger partial charge >= 0.3 is 0 Å². The van der Waals surface area contributed by atoms with E-state index in [4.69, 9.17) is 11.6 Å². The van der Waals surface area contributed by atoms with Crippen LogP contribution in [0.2, 0.25) is 0 Å². The summed E-state index contributed by atoms with van der Waals surface area (Å²) in [5.41, 5.74) is 0.729. The first-order valence-corrected chi connectivity index (χ1v) is 6.40. The highest BCUT2D eigenvalue weighted by atomic mass is 35.5. The largest absolute Gasteiger partial charge is 0.207 e. The van der Waals surface area contributed by atoms with Gasteiger partial charge in [-0.25, -0.2) is 8.78 Å². The molecule has 2 rings (SSSR count). The Morgan fingerprint density at radius 3 is 2.41 bits per heavy atom. The lowest BCUT2D eigenvalue weighted by Gasteiger charge is -2.10. The zero-order valence-electron chi connectivity index (χ0n) is 9.43. The van der Waals surface area contributed by atoms with Crippen LogP contribution in [0.15, 0.2) is 24.3 Å². The van der Waals surface area contributed by atoms with Crippen LogP contribution in [0.4, 0.5) is 8.78 Å². The highest BCUT2D eigenvalue weighted by Crippen LogP contribution is 2.35. The number of thiophene rings is 1. The molecule has 0 nitrogen and oxygen atoms in total. The van der Waals surface area contributed by atoms with E-state index in [1.807, 2.05) is 19.1 Å². The third kappa shape index (κ3) is 2.50. The van der Waals surface area contributed by atoms with E-state index in [-0.39, 0.29) is 0 Å². The lowest BCUT2D eigenvalue weighted by molar-refractivity contribution is 0.568. The van der Waals surface area contributed by atoms with Gasteiger partial charge in [-0.1, -0.05) is 0 Å². The number of hydrogen-bond acceptors (Lipinski definition) is 1. The van der Waals surface area contributed by atoms with Crippen LogP contribution >= 0.6 is 22.9 Å². The summed E-state index contributed by atoms with van der Waals surface area (Å²) in [6.07, 6.45) is 0. The van der Waals surface area contributed by atoms with Crippen molar-refractivity contribution >= 4 is 22.9 Å². The van der Waals surface area contributed by atoms with Crippen LogP contribution in [-0.4, -0.2) is 0 Å². The second kappa shape index (κ2) is 4.75. The summed E-state index contributed by atoms with van der Waals surface area (Å²) in [5.74, 6) is -1.14. The first-order chi connectivity index (χ1) is 7.99. The molecule has 2 aromatic rings. The van der Waals surface area contributed by atoms with Crippen LogP contribution in [0.1, 0.15) is 26.3 Å². The molecule has 1 heterocycles. The molecule has 1 aromatic heterocycles. The molecule has 0 amide bonds. The van der Waals surface area contributed by atoms with Crippen molar-refractivity contribution in [3.05, 3.63) is 56.8 Å². The van der Waals surface area contributed by atoms with Gasteiger partial charge in [0.1, 0.15) is 11.6 Å². The van der Waals surface area contributed by atoms with Crippen molar-refractivity contribution in [3.8, 4) is 0 Å². The van der Waals surface area contributed by atoms with Crippen LogP contribution in [0.3, 0.4) is 0 Å². The molecule has 0 saturated carbocycles. The molecule has 1 aromatic carbocycles. The monoisotopic (exact) mass is 272 g/mol. The van der Waals surface area contributed by atoms with Crippen LogP contribution in [-0.2, 0) is 0 Å². The van der Waals surface area contributed by atoms with E-state index in [9.17, 15) is 8.78 Å². The van der Waals surface area contributed by atoms with E-state index in [1.165, 1.54) is 17.4 Å². The second-order valence-corrected chi connectivity index (χ2v) is 5.69. The topological polar surface area (TPSA) is 0 Å². The molecule has 0 radical (unpaired) electrons. The van der Waals surface area contributed by atoms with Gasteiger partial charge in [-0.2, -0.15) is 0 Å². The van der Waals surface area contributed by atoms with Crippen molar-refractivity contribution in [2.24, 2.45) is 0 Å². The molecule has 0 aliphatic rings. The lowest BCUT2D eigenvalue weighted by atomic mass is 10.1. The Labute approximate surface area is 108 Å². The van der Waals surface area contributed by atoms with E-state index < -0.39 is 17.0 Å². The third-order valence-corrected chi connectivity index (χ3v) is 4.23. The normalized spacial score (nSPS) is 12.8. The summed E-state index contributed by atoms with van der Waals surface area (Å²) in [6.45, 7) is 3.56. The van der Waals surface area contributed by atoms with Gasteiger partial charge in [-0.3, -0.25) is 0 Å². The Morgan fingerprint density at radius 2 is 1.82 bits per heavy atom. The summed E-state index contributed by atoms with van der Waals surface area (Å²) in [6, 6.07) is 6.16. The average Bonchev–Trinajstić information content (AvgIpc) is 2.69. The molecular weight excluding hydrogens is 262 g/mol. The van der Waals surface area contributed by atoms with Crippen molar-refractivity contribution in [1.29, 1.82) is 0 Å². The molecule has 1 atom stereocenters. The predicted octanol–water partition coefficient (Wildman–Crippen LogP) is 4.97. The first-order valence-electron chi connectivity index (χ1n) is 5.15. The number of aryl methyl sites for hydroxylation is 2.